The number of carbonyl (C=O) groups is 2. The van der Waals surface area contributed by atoms with Crippen LogP contribution < -0.4 is 19.1 Å². The number of nitrogens with one attached hydrogen (secondary N) is 1. The van der Waals surface area contributed by atoms with Gasteiger partial charge in [-0.25, -0.2) is 8.42 Å². The van der Waals surface area contributed by atoms with Crippen LogP contribution in [0.1, 0.15) is 32.8 Å². The molecular formula is C30H37N3O6S. The summed E-state index contributed by atoms with van der Waals surface area (Å²) in [7, 11) is -1.31. The van der Waals surface area contributed by atoms with Crippen LogP contribution in [0.25, 0.3) is 0 Å². The molecule has 0 aliphatic heterocycles. The number of benzene rings is 3. The third kappa shape index (κ3) is 7.32. The molecule has 9 nitrogen and oxygen atoms in total. The summed E-state index contributed by atoms with van der Waals surface area (Å²) >= 11 is 0. The molecule has 40 heavy (non-hydrogen) atoms. The van der Waals surface area contributed by atoms with Crippen LogP contribution in [-0.4, -0.2) is 58.0 Å². The van der Waals surface area contributed by atoms with Gasteiger partial charge in [-0.1, -0.05) is 49.4 Å². The summed E-state index contributed by atoms with van der Waals surface area (Å²) in [4.78, 5) is 28.7. The van der Waals surface area contributed by atoms with Crippen molar-refractivity contribution in [3.63, 3.8) is 0 Å². The summed E-state index contributed by atoms with van der Waals surface area (Å²) < 4.78 is 39.7. The lowest BCUT2D eigenvalue weighted by atomic mass is 10.1. The Labute approximate surface area is 236 Å². The normalized spacial score (nSPS) is 11.9. The van der Waals surface area contributed by atoms with Crippen LogP contribution in [0.4, 0.5) is 5.69 Å². The van der Waals surface area contributed by atoms with Crippen LogP contribution in [0.3, 0.4) is 0 Å². The fourth-order valence-corrected chi connectivity index (χ4v) is 5.73. The van der Waals surface area contributed by atoms with E-state index in [-0.39, 0.29) is 34.8 Å². The highest BCUT2D eigenvalue weighted by atomic mass is 32.2. The number of para-hydroxylation sites is 2. The van der Waals surface area contributed by atoms with E-state index in [9.17, 15) is 18.0 Å². The van der Waals surface area contributed by atoms with Gasteiger partial charge in [0, 0.05) is 12.6 Å². The Morgan fingerprint density at radius 3 is 2.08 bits per heavy atom. The first-order valence-electron chi connectivity index (χ1n) is 13.1. The molecule has 0 radical (unpaired) electrons. The monoisotopic (exact) mass is 567 g/mol. The van der Waals surface area contributed by atoms with Crippen LogP contribution in [-0.2, 0) is 26.2 Å². The minimum atomic E-state index is -4.24. The van der Waals surface area contributed by atoms with Gasteiger partial charge in [0.25, 0.3) is 10.0 Å². The van der Waals surface area contributed by atoms with Gasteiger partial charge in [-0.15, -0.1) is 0 Å². The molecule has 10 heteroatoms. The summed E-state index contributed by atoms with van der Waals surface area (Å²) in [5.74, 6) is -0.0531. The van der Waals surface area contributed by atoms with E-state index < -0.39 is 28.5 Å². The van der Waals surface area contributed by atoms with Gasteiger partial charge in [-0.3, -0.25) is 13.9 Å². The number of hydrogen-bond donors (Lipinski definition) is 1. The van der Waals surface area contributed by atoms with Gasteiger partial charge in [-0.05, 0) is 62.2 Å². The molecule has 0 fully saturated rings. The molecule has 0 saturated carbocycles. The van der Waals surface area contributed by atoms with Crippen molar-refractivity contribution in [3.05, 3.63) is 84.4 Å². The highest BCUT2D eigenvalue weighted by Crippen LogP contribution is 2.33. The highest BCUT2D eigenvalue weighted by Gasteiger charge is 2.34. The quantitative estimate of drug-likeness (QED) is 0.332. The Hall–Kier alpha value is -4.05. The Kier molecular flexibility index (Phi) is 10.6. The second-order valence-electron chi connectivity index (χ2n) is 9.45. The van der Waals surface area contributed by atoms with Crippen molar-refractivity contribution in [1.82, 2.24) is 10.2 Å². The first kappa shape index (κ1) is 30.5. The number of anilines is 1. The lowest BCUT2D eigenvalue weighted by Gasteiger charge is -2.33. The maximum absolute atomic E-state index is 14.1. The van der Waals surface area contributed by atoms with Crippen molar-refractivity contribution < 1.29 is 27.5 Å². The zero-order valence-corrected chi connectivity index (χ0v) is 24.4. The van der Waals surface area contributed by atoms with Gasteiger partial charge in [0.2, 0.25) is 11.8 Å². The van der Waals surface area contributed by atoms with Crippen LogP contribution in [0, 0.1) is 0 Å². The zero-order chi connectivity index (χ0) is 29.3. The van der Waals surface area contributed by atoms with E-state index in [0.29, 0.717) is 12.2 Å². The van der Waals surface area contributed by atoms with Crippen LogP contribution >= 0.6 is 0 Å². The van der Waals surface area contributed by atoms with Gasteiger partial charge in [0.15, 0.2) is 0 Å². The minimum Gasteiger partial charge on any atom is -0.497 e. The molecule has 0 aliphatic carbocycles. The molecule has 0 spiro atoms. The minimum absolute atomic E-state index is 0.0220. The molecule has 2 amide bonds. The van der Waals surface area contributed by atoms with E-state index in [1.807, 2.05) is 51.1 Å². The highest BCUT2D eigenvalue weighted by molar-refractivity contribution is 7.92. The third-order valence-corrected chi connectivity index (χ3v) is 8.07. The first-order valence-corrected chi connectivity index (χ1v) is 14.5. The van der Waals surface area contributed by atoms with Crippen LogP contribution in [0.15, 0.2) is 83.8 Å². The van der Waals surface area contributed by atoms with Crippen molar-refractivity contribution in [2.24, 2.45) is 0 Å². The summed E-state index contributed by atoms with van der Waals surface area (Å²) in [6.45, 7) is 5.10. The SMILES string of the molecule is CCC(C(=O)NC(C)C)N(Cc1ccccc1)C(=O)CN(c1ccccc1OC)S(=O)(=O)c1ccc(OC)cc1. The number of amides is 2. The van der Waals surface area contributed by atoms with E-state index in [1.54, 1.807) is 36.4 Å². The molecular weight excluding hydrogens is 530 g/mol. The van der Waals surface area contributed by atoms with Gasteiger partial charge >= 0.3 is 0 Å². The molecule has 1 N–H and O–H groups in total. The Morgan fingerprint density at radius 1 is 0.875 bits per heavy atom. The lowest BCUT2D eigenvalue weighted by molar-refractivity contribution is -0.140. The smallest absolute Gasteiger partial charge is 0.264 e. The fraction of sp³-hybridized carbons (Fsp3) is 0.333. The molecule has 0 bridgehead atoms. The standard InChI is InChI=1S/C30H37N3O6S/c1-6-26(30(35)31-22(2)3)32(20-23-12-8-7-9-13-23)29(34)21-33(27-14-10-11-15-28(27)39-5)40(36,37)25-18-16-24(38-4)17-19-25/h7-19,22,26H,6,20-21H2,1-5H3,(H,31,35). The van der Waals surface area contributed by atoms with Gasteiger partial charge < -0.3 is 19.7 Å². The van der Waals surface area contributed by atoms with Crippen LogP contribution in [0.2, 0.25) is 0 Å². The summed E-state index contributed by atoms with van der Waals surface area (Å²) in [6, 6.07) is 20.9. The zero-order valence-electron chi connectivity index (χ0n) is 23.5. The number of carbonyl (C=O) groups excluding carboxylic acids is 2. The van der Waals surface area contributed by atoms with E-state index in [4.69, 9.17) is 9.47 Å². The molecule has 0 aliphatic rings. The average molecular weight is 568 g/mol. The van der Waals surface area contributed by atoms with Crippen molar-refractivity contribution in [1.29, 1.82) is 0 Å². The molecule has 3 aromatic rings. The first-order chi connectivity index (χ1) is 19.1. The molecule has 0 saturated heterocycles. The number of hydrogen-bond acceptors (Lipinski definition) is 6. The summed E-state index contributed by atoms with van der Waals surface area (Å²) in [5, 5.41) is 2.89. The third-order valence-electron chi connectivity index (χ3n) is 6.29. The predicted octanol–water partition coefficient (Wildman–Crippen LogP) is 4.23. The predicted molar refractivity (Wildman–Crippen MR) is 155 cm³/mol. The van der Waals surface area contributed by atoms with Gasteiger partial charge in [0.05, 0.1) is 24.8 Å². The summed E-state index contributed by atoms with van der Waals surface area (Å²) in [5.41, 5.74) is 1.02. The maximum Gasteiger partial charge on any atom is 0.264 e. The van der Waals surface area contributed by atoms with Gasteiger partial charge in [-0.2, -0.15) is 0 Å². The second kappa shape index (κ2) is 13.8. The number of sulfonamides is 1. The van der Waals surface area contributed by atoms with Crippen molar-refractivity contribution in [3.8, 4) is 11.5 Å². The van der Waals surface area contributed by atoms with E-state index in [2.05, 4.69) is 5.32 Å². The molecule has 214 valence electrons. The molecule has 3 aromatic carbocycles. The second-order valence-corrected chi connectivity index (χ2v) is 11.3. The van der Waals surface area contributed by atoms with E-state index in [1.165, 1.54) is 31.3 Å². The van der Waals surface area contributed by atoms with Gasteiger partial charge in [0.1, 0.15) is 24.1 Å². The Bertz CT molecular complexity index is 1380. The lowest BCUT2D eigenvalue weighted by Crippen LogP contribution is -2.53. The topological polar surface area (TPSA) is 105 Å². The Balaban J connectivity index is 2.09. The molecule has 3 rings (SSSR count). The van der Waals surface area contributed by atoms with Crippen molar-refractivity contribution >= 4 is 27.5 Å². The average Bonchev–Trinajstić information content (AvgIpc) is 2.95. The summed E-state index contributed by atoms with van der Waals surface area (Å²) in [6.07, 6.45) is 0.344. The number of nitrogens with zero attached hydrogens (tertiary/aromatic N) is 2. The van der Waals surface area contributed by atoms with Crippen molar-refractivity contribution in [2.75, 3.05) is 25.1 Å². The molecule has 1 unspecified atom stereocenters. The number of rotatable bonds is 13. The molecule has 1 atom stereocenters. The van der Waals surface area contributed by atoms with Crippen molar-refractivity contribution in [2.45, 2.75) is 50.7 Å². The Morgan fingerprint density at radius 2 is 1.50 bits per heavy atom. The number of methoxy groups -OCH3 is 2. The molecule has 0 heterocycles. The maximum atomic E-state index is 14.1. The van der Waals surface area contributed by atoms with Crippen LogP contribution in [0.5, 0.6) is 11.5 Å². The number of ether oxygens (including phenoxy) is 2. The fourth-order valence-electron chi connectivity index (χ4n) is 4.30. The molecule has 0 aromatic heterocycles. The van der Waals surface area contributed by atoms with E-state index >= 15 is 0 Å². The largest absolute Gasteiger partial charge is 0.497 e. The van der Waals surface area contributed by atoms with E-state index in [0.717, 1.165) is 9.87 Å².